The summed E-state index contributed by atoms with van der Waals surface area (Å²) in [5.74, 6) is -0.863. The SMILES string of the molecule is CC/C=C\C/C=C\C/C=C\C/C=C\CCCCCCCCCCCCC(=O)OCC(COC(=O)CCCCCCC/C=C\CCCCCCCCC)OC(=O)CCCCCCCCCCCCCCCCCCCCCCC. The zero-order valence-electron chi connectivity index (χ0n) is 52.2. The molecule has 0 N–H and O–H groups in total. The second kappa shape index (κ2) is 66.6. The fourth-order valence-corrected chi connectivity index (χ4v) is 10.1. The minimum absolute atomic E-state index is 0.0753. The average molecular weight is 1090 g/mol. The summed E-state index contributed by atoms with van der Waals surface area (Å²) in [6, 6.07) is 0. The summed E-state index contributed by atoms with van der Waals surface area (Å²) in [7, 11) is 0. The van der Waals surface area contributed by atoms with Crippen molar-refractivity contribution in [1.82, 2.24) is 0 Å². The first-order valence-electron chi connectivity index (χ1n) is 34.3. The number of hydrogen-bond donors (Lipinski definition) is 0. The highest BCUT2D eigenvalue weighted by molar-refractivity contribution is 5.71. The summed E-state index contributed by atoms with van der Waals surface area (Å²) in [5, 5.41) is 0. The highest BCUT2D eigenvalue weighted by atomic mass is 16.6. The van der Waals surface area contributed by atoms with Gasteiger partial charge in [0.05, 0.1) is 0 Å². The molecule has 0 fully saturated rings. The van der Waals surface area contributed by atoms with E-state index >= 15 is 0 Å². The molecule has 0 bridgehead atoms. The molecule has 0 radical (unpaired) electrons. The molecule has 0 aromatic carbocycles. The highest BCUT2D eigenvalue weighted by Gasteiger charge is 2.19. The average Bonchev–Trinajstić information content (AvgIpc) is 3.44. The van der Waals surface area contributed by atoms with Crippen molar-refractivity contribution in [3.63, 3.8) is 0 Å². The van der Waals surface area contributed by atoms with Crippen LogP contribution in [0.1, 0.15) is 361 Å². The number of allylic oxidation sites excluding steroid dienone is 10. The molecule has 78 heavy (non-hydrogen) atoms. The Morgan fingerprint density at radius 2 is 0.500 bits per heavy atom. The zero-order chi connectivity index (χ0) is 56.4. The van der Waals surface area contributed by atoms with Crippen LogP contribution in [0.15, 0.2) is 60.8 Å². The third-order valence-corrected chi connectivity index (χ3v) is 15.3. The first-order chi connectivity index (χ1) is 38.5. The van der Waals surface area contributed by atoms with E-state index < -0.39 is 6.10 Å². The molecule has 1 unspecified atom stereocenters. The Bertz CT molecular complexity index is 1390. The molecule has 1 atom stereocenters. The molecule has 0 rings (SSSR count). The quantitative estimate of drug-likeness (QED) is 0.0261. The molecule has 0 aliphatic carbocycles. The number of hydrogen-bond acceptors (Lipinski definition) is 6. The summed E-state index contributed by atoms with van der Waals surface area (Å²) < 4.78 is 17.0. The van der Waals surface area contributed by atoms with Gasteiger partial charge >= 0.3 is 17.9 Å². The minimum atomic E-state index is -0.779. The molecular formula is C72H130O6. The minimum Gasteiger partial charge on any atom is -0.462 e. The van der Waals surface area contributed by atoms with Gasteiger partial charge in [-0.25, -0.2) is 0 Å². The Hall–Kier alpha value is -2.89. The molecular weight excluding hydrogens is 961 g/mol. The number of carbonyl (C=O) groups is 3. The van der Waals surface area contributed by atoms with E-state index in [1.165, 1.54) is 231 Å². The van der Waals surface area contributed by atoms with Gasteiger partial charge in [0, 0.05) is 19.3 Å². The Labute approximate surface area is 485 Å². The summed E-state index contributed by atoms with van der Waals surface area (Å²) in [6.07, 6.45) is 85.2. The number of rotatable bonds is 63. The second-order valence-corrected chi connectivity index (χ2v) is 23.1. The van der Waals surface area contributed by atoms with E-state index in [1.54, 1.807) is 0 Å². The molecule has 0 heterocycles. The summed E-state index contributed by atoms with van der Waals surface area (Å²) in [5.41, 5.74) is 0. The van der Waals surface area contributed by atoms with Crippen molar-refractivity contribution < 1.29 is 28.6 Å². The predicted octanol–water partition coefficient (Wildman–Crippen LogP) is 23.5. The number of ether oxygens (including phenoxy) is 3. The summed E-state index contributed by atoms with van der Waals surface area (Å²) in [4.78, 5) is 38.4. The predicted molar refractivity (Wildman–Crippen MR) is 339 cm³/mol. The summed E-state index contributed by atoms with van der Waals surface area (Å²) in [6.45, 7) is 6.58. The summed E-state index contributed by atoms with van der Waals surface area (Å²) >= 11 is 0. The van der Waals surface area contributed by atoms with Gasteiger partial charge in [-0.15, -0.1) is 0 Å². The molecule has 0 aromatic heterocycles. The van der Waals surface area contributed by atoms with E-state index in [1.807, 2.05) is 0 Å². The second-order valence-electron chi connectivity index (χ2n) is 23.1. The molecule has 0 amide bonds. The van der Waals surface area contributed by atoms with Gasteiger partial charge < -0.3 is 14.2 Å². The van der Waals surface area contributed by atoms with Gasteiger partial charge in [0.15, 0.2) is 6.10 Å². The smallest absolute Gasteiger partial charge is 0.306 e. The van der Waals surface area contributed by atoms with Crippen LogP contribution >= 0.6 is 0 Å². The van der Waals surface area contributed by atoms with Crippen molar-refractivity contribution >= 4 is 17.9 Å². The largest absolute Gasteiger partial charge is 0.462 e. The van der Waals surface area contributed by atoms with Gasteiger partial charge in [-0.1, -0.05) is 319 Å². The van der Waals surface area contributed by atoms with E-state index in [0.29, 0.717) is 19.3 Å². The van der Waals surface area contributed by atoms with Crippen LogP contribution in [0.4, 0.5) is 0 Å². The first kappa shape index (κ1) is 75.1. The van der Waals surface area contributed by atoms with Crippen molar-refractivity contribution in [2.24, 2.45) is 0 Å². The highest BCUT2D eigenvalue weighted by Crippen LogP contribution is 2.18. The zero-order valence-corrected chi connectivity index (χ0v) is 52.2. The van der Waals surface area contributed by atoms with E-state index in [0.717, 1.165) is 89.9 Å². The first-order valence-corrected chi connectivity index (χ1v) is 34.3. The van der Waals surface area contributed by atoms with Crippen LogP contribution in [-0.4, -0.2) is 37.2 Å². The molecule has 0 aliphatic rings. The normalized spacial score (nSPS) is 12.4. The third-order valence-electron chi connectivity index (χ3n) is 15.3. The Kier molecular flexibility index (Phi) is 64.2. The maximum Gasteiger partial charge on any atom is 0.306 e. The fourth-order valence-electron chi connectivity index (χ4n) is 10.1. The van der Waals surface area contributed by atoms with Crippen LogP contribution in [0.3, 0.4) is 0 Å². The lowest BCUT2D eigenvalue weighted by atomic mass is 10.0. The molecule has 6 nitrogen and oxygen atoms in total. The number of carbonyl (C=O) groups excluding carboxylic acids is 3. The van der Waals surface area contributed by atoms with Crippen LogP contribution in [0.2, 0.25) is 0 Å². The van der Waals surface area contributed by atoms with E-state index in [4.69, 9.17) is 14.2 Å². The third kappa shape index (κ3) is 63.9. The molecule has 6 heteroatoms. The van der Waals surface area contributed by atoms with Crippen LogP contribution in [0.5, 0.6) is 0 Å². The van der Waals surface area contributed by atoms with Crippen LogP contribution in [0.25, 0.3) is 0 Å². The lowest BCUT2D eigenvalue weighted by molar-refractivity contribution is -0.167. The van der Waals surface area contributed by atoms with Crippen molar-refractivity contribution in [1.29, 1.82) is 0 Å². The van der Waals surface area contributed by atoms with Crippen molar-refractivity contribution in [2.45, 2.75) is 367 Å². The maximum atomic E-state index is 13.0. The lowest BCUT2D eigenvalue weighted by Crippen LogP contribution is -2.30. The molecule has 0 saturated heterocycles. The van der Waals surface area contributed by atoms with Crippen LogP contribution in [-0.2, 0) is 28.6 Å². The maximum absolute atomic E-state index is 13.0. The van der Waals surface area contributed by atoms with Gasteiger partial charge in [-0.05, 0) is 83.5 Å². The molecule has 0 spiro atoms. The van der Waals surface area contributed by atoms with Gasteiger partial charge in [0.25, 0.3) is 0 Å². The molecule has 0 aliphatic heterocycles. The Morgan fingerprint density at radius 1 is 0.269 bits per heavy atom. The van der Waals surface area contributed by atoms with Crippen molar-refractivity contribution in [3.8, 4) is 0 Å². The fraction of sp³-hybridized carbons (Fsp3) is 0.819. The van der Waals surface area contributed by atoms with Crippen molar-refractivity contribution in [3.05, 3.63) is 60.8 Å². The topological polar surface area (TPSA) is 78.9 Å². The van der Waals surface area contributed by atoms with Gasteiger partial charge in [-0.2, -0.15) is 0 Å². The van der Waals surface area contributed by atoms with Gasteiger partial charge in [0.2, 0.25) is 0 Å². The van der Waals surface area contributed by atoms with E-state index in [9.17, 15) is 14.4 Å². The van der Waals surface area contributed by atoms with E-state index in [2.05, 4.69) is 81.5 Å². The Morgan fingerprint density at radius 3 is 0.795 bits per heavy atom. The Balaban J connectivity index is 4.33. The lowest BCUT2D eigenvalue weighted by Gasteiger charge is -2.18. The van der Waals surface area contributed by atoms with Crippen molar-refractivity contribution in [2.75, 3.05) is 13.2 Å². The van der Waals surface area contributed by atoms with Gasteiger partial charge in [0.1, 0.15) is 13.2 Å². The van der Waals surface area contributed by atoms with Crippen LogP contribution in [0, 0.1) is 0 Å². The molecule has 0 aromatic rings. The van der Waals surface area contributed by atoms with E-state index in [-0.39, 0.29) is 31.1 Å². The number of esters is 3. The molecule has 454 valence electrons. The van der Waals surface area contributed by atoms with Crippen LogP contribution < -0.4 is 0 Å². The standard InChI is InChI=1S/C72H130O6/c1-4-7-10-13-16-19-22-25-28-31-33-35-36-38-39-41-44-47-50-53-56-59-62-65-71(74)77-68-69(67-76-70(73)64-61-58-55-52-49-46-43-30-27-24-21-18-15-12-9-6-3)78-72(75)66-63-60-57-54-51-48-45-42-40-37-34-32-29-26-23-20-17-14-11-8-5-2/h7,10,16,19,25,28,30,33,35,43,69H,4-6,8-9,11-15,17-18,20-24,26-27,29,31-32,34,36-42,44-68H2,1-3H3/b10-7-,19-16-,28-25-,35-33-,43-30-. The molecule has 0 saturated carbocycles. The van der Waals surface area contributed by atoms with Gasteiger partial charge in [-0.3, -0.25) is 14.4 Å². The monoisotopic (exact) mass is 1090 g/mol. The number of unbranched alkanes of at least 4 members (excludes halogenated alkanes) is 42.